The molecule has 0 saturated heterocycles. The largest absolute Gasteiger partial charge is 0.472 e. The van der Waals surface area contributed by atoms with Gasteiger partial charge in [-0.3, -0.25) is 18.6 Å². The molecule has 2 atom stereocenters. The molecule has 0 saturated carbocycles. The van der Waals surface area contributed by atoms with Gasteiger partial charge in [0, 0.05) is 12.8 Å². The Labute approximate surface area is 630 Å². The van der Waals surface area contributed by atoms with Crippen LogP contribution in [0.5, 0.6) is 0 Å². The van der Waals surface area contributed by atoms with Gasteiger partial charge in [0.2, 0.25) is 0 Å². The number of quaternary nitrogens is 1. The molecule has 9 nitrogen and oxygen atoms in total. The van der Waals surface area contributed by atoms with Crippen molar-refractivity contribution in [2.24, 2.45) is 0 Å². The molecule has 1 N–H and O–H groups in total. The third-order valence-electron chi connectivity index (χ3n) is 18.1. The molecule has 584 valence electrons. The number of phosphoric ester groups is 1. The molecule has 0 fully saturated rings. The average Bonchev–Trinajstić information content (AvgIpc) is 0.913. The van der Waals surface area contributed by atoms with Gasteiger partial charge in [-0.15, -0.1) is 0 Å². The topological polar surface area (TPSA) is 108 Å². The first kappa shape index (κ1) is 97.6. The second-order valence-corrected chi connectivity index (χ2v) is 30.6. The van der Waals surface area contributed by atoms with Gasteiger partial charge >= 0.3 is 19.8 Å². The summed E-state index contributed by atoms with van der Waals surface area (Å²) in [6.07, 6.45) is 121. The van der Waals surface area contributed by atoms with Crippen LogP contribution in [-0.4, -0.2) is 74.9 Å². The Bertz CT molecular complexity index is 2290. The highest BCUT2D eigenvalue weighted by atomic mass is 31.2. The van der Waals surface area contributed by atoms with Gasteiger partial charge in [-0.25, -0.2) is 4.57 Å². The molecule has 0 aromatic rings. The fourth-order valence-electron chi connectivity index (χ4n) is 11.7. The van der Waals surface area contributed by atoms with E-state index in [1.807, 2.05) is 21.1 Å². The quantitative estimate of drug-likeness (QED) is 0.0211. The maximum absolute atomic E-state index is 12.9. The summed E-state index contributed by atoms with van der Waals surface area (Å²) < 4.78 is 34.9. The fraction of sp³-hybridized carbons (Fsp3) is 0.696. The molecule has 0 spiro atoms. The second kappa shape index (κ2) is 80.7. The number of hydrogen-bond acceptors (Lipinski definition) is 7. The number of hydrogen-bond donors (Lipinski definition) is 1. The summed E-state index contributed by atoms with van der Waals surface area (Å²) in [5.74, 6) is -0.791. The van der Waals surface area contributed by atoms with Gasteiger partial charge in [-0.2, -0.15) is 0 Å². The maximum atomic E-state index is 12.9. The number of likely N-dealkylation sites (N-methyl/N-ethyl adjacent to an activating group) is 1. The first-order valence-electron chi connectivity index (χ1n) is 42.2. The molecule has 2 unspecified atom stereocenters. The molecule has 0 aromatic heterocycles. The van der Waals surface area contributed by atoms with Crippen molar-refractivity contribution in [1.82, 2.24) is 0 Å². The van der Waals surface area contributed by atoms with E-state index in [9.17, 15) is 19.0 Å². The highest BCUT2D eigenvalue weighted by molar-refractivity contribution is 7.47. The molecule has 102 heavy (non-hydrogen) atoms. The first-order chi connectivity index (χ1) is 50.0. The minimum atomic E-state index is -4.40. The smallest absolute Gasteiger partial charge is 0.462 e. The lowest BCUT2D eigenvalue weighted by molar-refractivity contribution is -0.870. The Hall–Kier alpha value is -4.37. The second-order valence-electron chi connectivity index (χ2n) is 29.1. The normalized spacial score (nSPS) is 13.8. The van der Waals surface area contributed by atoms with E-state index in [0.29, 0.717) is 17.4 Å². The van der Waals surface area contributed by atoms with E-state index < -0.39 is 26.5 Å². The molecule has 0 aromatic carbocycles. The summed E-state index contributed by atoms with van der Waals surface area (Å²) in [5, 5.41) is 0. The molecule has 0 aliphatic rings. The number of carbonyl (C=O) groups excluding carboxylic acids is 2. The number of carbonyl (C=O) groups is 2. The highest BCUT2D eigenvalue weighted by Gasteiger charge is 2.27. The minimum Gasteiger partial charge on any atom is -0.462 e. The Morgan fingerprint density at radius 1 is 0.304 bits per heavy atom. The number of esters is 2. The van der Waals surface area contributed by atoms with Gasteiger partial charge < -0.3 is 18.9 Å². The van der Waals surface area contributed by atoms with Crippen molar-refractivity contribution in [3.8, 4) is 0 Å². The maximum Gasteiger partial charge on any atom is 0.472 e. The van der Waals surface area contributed by atoms with Crippen LogP contribution >= 0.6 is 7.82 Å². The molecule has 0 aliphatic heterocycles. The Kier molecular flexibility index (Phi) is 77.3. The van der Waals surface area contributed by atoms with E-state index in [-0.39, 0.29) is 32.0 Å². The van der Waals surface area contributed by atoms with Crippen LogP contribution in [0.15, 0.2) is 158 Å². The van der Waals surface area contributed by atoms with Crippen LogP contribution in [0, 0.1) is 0 Å². The lowest BCUT2D eigenvalue weighted by atomic mass is 10.0. The van der Waals surface area contributed by atoms with Gasteiger partial charge in [0.15, 0.2) is 6.10 Å². The van der Waals surface area contributed by atoms with E-state index in [2.05, 4.69) is 172 Å². The van der Waals surface area contributed by atoms with Gasteiger partial charge in [-0.05, 0) is 122 Å². The van der Waals surface area contributed by atoms with Crippen molar-refractivity contribution in [2.45, 2.75) is 367 Å². The zero-order valence-electron chi connectivity index (χ0n) is 66.8. The van der Waals surface area contributed by atoms with E-state index >= 15 is 0 Å². The molecule has 10 heteroatoms. The van der Waals surface area contributed by atoms with Gasteiger partial charge in [0.1, 0.15) is 19.8 Å². The summed E-state index contributed by atoms with van der Waals surface area (Å²) in [5.41, 5.74) is 0. The molecule has 0 amide bonds. The van der Waals surface area contributed by atoms with Crippen molar-refractivity contribution in [3.05, 3.63) is 158 Å². The lowest BCUT2D eigenvalue weighted by Crippen LogP contribution is -2.37. The van der Waals surface area contributed by atoms with Crippen LogP contribution in [0.4, 0.5) is 0 Å². The summed E-state index contributed by atoms with van der Waals surface area (Å²) in [4.78, 5) is 36.0. The number of phosphoric acid groups is 1. The van der Waals surface area contributed by atoms with Gasteiger partial charge in [0.05, 0.1) is 27.7 Å². The molecule has 0 aliphatic carbocycles. The summed E-state index contributed by atoms with van der Waals surface area (Å²) in [6, 6.07) is 0. The van der Waals surface area contributed by atoms with Crippen LogP contribution < -0.4 is 0 Å². The van der Waals surface area contributed by atoms with Crippen molar-refractivity contribution < 1.29 is 42.1 Å². The summed E-state index contributed by atoms with van der Waals surface area (Å²) in [7, 11) is 1.48. The molecule has 0 rings (SSSR count). The molecule has 0 heterocycles. The van der Waals surface area contributed by atoms with Crippen molar-refractivity contribution in [3.63, 3.8) is 0 Å². The van der Waals surface area contributed by atoms with Crippen molar-refractivity contribution in [2.75, 3.05) is 47.5 Å². The van der Waals surface area contributed by atoms with Gasteiger partial charge in [-0.1, -0.05) is 384 Å². The Morgan fingerprint density at radius 2 is 0.529 bits per heavy atom. The van der Waals surface area contributed by atoms with Crippen LogP contribution in [0.1, 0.15) is 361 Å². The zero-order chi connectivity index (χ0) is 74.0. The van der Waals surface area contributed by atoms with E-state index in [1.165, 1.54) is 205 Å². The molecule has 0 bridgehead atoms. The predicted molar refractivity (Wildman–Crippen MR) is 445 cm³/mol. The van der Waals surface area contributed by atoms with Crippen molar-refractivity contribution >= 4 is 19.8 Å². The third-order valence-corrected chi connectivity index (χ3v) is 19.0. The first-order valence-corrected chi connectivity index (χ1v) is 43.7. The zero-order valence-corrected chi connectivity index (χ0v) is 67.7. The number of nitrogens with zero attached hydrogens (tertiary/aromatic N) is 1. The molecular weight excluding hydrogens is 1280 g/mol. The van der Waals surface area contributed by atoms with E-state index in [0.717, 1.165) is 122 Å². The average molecular weight is 1440 g/mol. The Balaban J connectivity index is 3.95. The SMILES string of the molecule is CC/C=C\C/C=C\C/C=C\C/C=C\C/C=C\C/C=C\C/C=C\C/C=C\CCCCCCCCCCCCCCC(=O)OC(COC(=O)CCCCCCCCCCCCCCCCCCCCCCCCCCC/C=C\C/C=C\C/C=C\C/C=C\C/C=C\CC)COP(=O)(O)OCC[N+](C)(C)C. The number of ether oxygens (including phenoxy) is 2. The number of rotatable bonds is 77. The van der Waals surface area contributed by atoms with Crippen LogP contribution in [-0.2, 0) is 32.7 Å². The van der Waals surface area contributed by atoms with E-state index in [1.54, 1.807) is 0 Å². The van der Waals surface area contributed by atoms with Gasteiger partial charge in [0.25, 0.3) is 0 Å². The van der Waals surface area contributed by atoms with E-state index in [4.69, 9.17) is 18.5 Å². The van der Waals surface area contributed by atoms with Crippen LogP contribution in [0.3, 0.4) is 0 Å². The number of unbranched alkanes of at least 4 members (excludes halogenated alkanes) is 37. The van der Waals surface area contributed by atoms with Crippen molar-refractivity contribution in [1.29, 1.82) is 0 Å². The summed E-state index contributed by atoms with van der Waals surface area (Å²) >= 11 is 0. The standard InChI is InChI=1S/C92H158NO8P/c1-6-8-10-12-14-16-18-20-22-24-26-28-30-32-34-36-38-40-42-44-45-46-47-49-50-52-54-56-58-60-62-64-66-68-70-72-74-76-78-80-82-84-91(94)98-88-90(89-100-102(96,97)99-87-86-93(3,4)5)101-92(95)85-83-81-79-77-75-73-71-69-67-65-63-61-59-57-55-53-51-48-43-41-39-37-35-33-31-29-27-25-23-21-19-17-15-13-11-9-7-2/h8-11,14-17,20-23,26-29,32-35,39,41,48,51,55,57,90H,6-7,12-13,18-19,24-25,30-31,36-38,40,42-47,49-50,52-54,56,58-89H2,1-5H3/p+1/b10-8-,11-9-,16-14-,17-15-,22-20-,23-21-,28-26-,29-27-,34-32-,35-33-,41-39-,51-48-,57-55-. The minimum absolute atomic E-state index is 0.0274. The van der Waals surface area contributed by atoms with Crippen LogP contribution in [0.2, 0.25) is 0 Å². The Morgan fingerprint density at radius 3 is 0.784 bits per heavy atom. The number of allylic oxidation sites excluding steroid dienone is 26. The monoisotopic (exact) mass is 1440 g/mol. The molecule has 0 radical (unpaired) electrons. The lowest BCUT2D eigenvalue weighted by Gasteiger charge is -2.24. The summed E-state index contributed by atoms with van der Waals surface area (Å²) in [6.45, 7) is 4.23. The fourth-order valence-corrected chi connectivity index (χ4v) is 12.5. The van der Waals surface area contributed by atoms with Crippen LogP contribution in [0.25, 0.3) is 0 Å². The predicted octanol–water partition coefficient (Wildman–Crippen LogP) is 28.6. The highest BCUT2D eigenvalue weighted by Crippen LogP contribution is 2.43. The third kappa shape index (κ3) is 84.6. The molecular formula is C92H159NO8P+.